The lowest BCUT2D eigenvalue weighted by Gasteiger charge is -2.26. The largest absolute Gasteiger partial charge is 0.309 e. The van der Waals surface area contributed by atoms with Gasteiger partial charge in [0.25, 0.3) is 13.4 Å². The fourth-order valence-electron chi connectivity index (χ4n) is 12.7. The Bertz CT molecular complexity index is 3590. The van der Waals surface area contributed by atoms with Gasteiger partial charge in [0.15, 0.2) is 0 Å². The smallest absolute Gasteiger partial charge is 0.291 e. The van der Waals surface area contributed by atoms with Crippen molar-refractivity contribution in [1.29, 1.82) is 0 Å². The average Bonchev–Trinajstić information content (AvgIpc) is 3.82. The third-order valence-corrected chi connectivity index (χ3v) is 15.0. The number of hydrogen-bond acceptors (Lipinski definition) is 3. The maximum atomic E-state index is 5.92. The van der Waals surface area contributed by atoms with Crippen LogP contribution in [0.2, 0.25) is 0 Å². The van der Waals surface area contributed by atoms with Crippen LogP contribution in [-0.2, 0) is 0 Å². The van der Waals surface area contributed by atoms with Crippen LogP contribution in [0.15, 0.2) is 140 Å². The molecular weight excluding hydrogens is 848 g/mol. The molecule has 0 fully saturated rings. The minimum Gasteiger partial charge on any atom is -0.309 e. The summed E-state index contributed by atoms with van der Waals surface area (Å²) < 4.78 is 4.73. The number of nitrogens with zero attached hydrogens (tertiary/aromatic N) is 5. The van der Waals surface area contributed by atoms with Crippen LogP contribution in [0, 0.1) is 83.1 Å². The van der Waals surface area contributed by atoms with Gasteiger partial charge in [-0.2, -0.15) is 0 Å². The minimum atomic E-state index is -0.286. The molecule has 0 bridgehead atoms. The Balaban J connectivity index is 1.32. The fourth-order valence-corrected chi connectivity index (χ4v) is 12.7. The highest BCUT2D eigenvalue weighted by Crippen LogP contribution is 2.41. The molecular formula is C63H59B2N5. The summed E-state index contributed by atoms with van der Waals surface area (Å²) in [6, 6.07) is 51.5. The summed E-state index contributed by atoms with van der Waals surface area (Å²) in [5.74, 6) is 0.613. The predicted octanol–water partition coefficient (Wildman–Crippen LogP) is 10.8. The molecule has 5 nitrogen and oxygen atoms in total. The average molecular weight is 908 g/mol. The van der Waals surface area contributed by atoms with E-state index in [1.54, 1.807) is 0 Å². The van der Waals surface area contributed by atoms with E-state index in [9.17, 15) is 0 Å². The van der Waals surface area contributed by atoms with Crippen LogP contribution in [0.5, 0.6) is 0 Å². The molecule has 3 heterocycles. The molecule has 0 aliphatic rings. The van der Waals surface area contributed by atoms with Gasteiger partial charge in [-0.15, -0.1) is 0 Å². The van der Waals surface area contributed by atoms with Crippen molar-refractivity contribution in [2.75, 3.05) is 0 Å². The summed E-state index contributed by atoms with van der Waals surface area (Å²) in [7, 11) is 0. The molecule has 0 radical (unpaired) electrons. The van der Waals surface area contributed by atoms with E-state index in [-0.39, 0.29) is 13.4 Å². The van der Waals surface area contributed by atoms with E-state index in [4.69, 9.17) is 15.0 Å². The number of benzene rings is 8. The Morgan fingerprint density at radius 2 is 0.629 bits per heavy atom. The van der Waals surface area contributed by atoms with E-state index in [0.29, 0.717) is 5.95 Å². The van der Waals surface area contributed by atoms with E-state index in [0.717, 1.165) is 39.1 Å². The maximum Gasteiger partial charge on any atom is 0.291 e. The van der Waals surface area contributed by atoms with Crippen LogP contribution in [0.3, 0.4) is 0 Å². The molecule has 0 amide bonds. The Labute approximate surface area is 413 Å². The zero-order valence-corrected chi connectivity index (χ0v) is 42.7. The Kier molecular flexibility index (Phi) is 11.0. The monoisotopic (exact) mass is 907 g/mol. The molecule has 70 heavy (non-hydrogen) atoms. The van der Waals surface area contributed by atoms with Crippen molar-refractivity contribution in [3.05, 3.63) is 206 Å². The molecule has 3 aromatic heterocycles. The quantitative estimate of drug-likeness (QED) is 0.143. The summed E-state index contributed by atoms with van der Waals surface area (Å²) >= 11 is 0. The van der Waals surface area contributed by atoms with Crippen molar-refractivity contribution in [2.24, 2.45) is 0 Å². The van der Waals surface area contributed by atoms with Gasteiger partial charge in [-0.05, 0) is 119 Å². The first-order chi connectivity index (χ1) is 33.7. The second kappa shape index (κ2) is 17.2. The van der Waals surface area contributed by atoms with Crippen LogP contribution in [0.4, 0.5) is 0 Å². The fraction of sp³-hybridized carbons (Fsp3) is 0.190. The first-order valence-corrected chi connectivity index (χ1v) is 24.8. The van der Waals surface area contributed by atoms with Crippen molar-refractivity contribution in [3.63, 3.8) is 0 Å². The first-order valence-electron chi connectivity index (χ1n) is 24.8. The lowest BCUT2D eigenvalue weighted by molar-refractivity contribution is 0.981. The molecule has 11 aromatic rings. The Hall–Kier alpha value is -7.50. The van der Waals surface area contributed by atoms with Crippen molar-refractivity contribution < 1.29 is 0 Å². The third-order valence-electron chi connectivity index (χ3n) is 15.0. The summed E-state index contributed by atoms with van der Waals surface area (Å²) in [5.41, 5.74) is 26.8. The second-order valence-electron chi connectivity index (χ2n) is 20.4. The van der Waals surface area contributed by atoms with Crippen LogP contribution in [-0.4, -0.2) is 37.5 Å². The number of hydrogen-bond donors (Lipinski definition) is 0. The topological polar surface area (TPSA) is 48.5 Å². The molecule has 0 aliphatic heterocycles. The van der Waals surface area contributed by atoms with Gasteiger partial charge in [0, 0.05) is 27.2 Å². The van der Waals surface area contributed by atoms with Crippen LogP contribution >= 0.6 is 0 Å². The van der Waals surface area contributed by atoms with Crippen molar-refractivity contribution in [1.82, 2.24) is 24.1 Å². The Morgan fingerprint density at radius 1 is 0.314 bits per heavy atom. The lowest BCUT2D eigenvalue weighted by Crippen LogP contribution is -2.63. The van der Waals surface area contributed by atoms with E-state index < -0.39 is 0 Å². The van der Waals surface area contributed by atoms with Gasteiger partial charge < -0.3 is 4.57 Å². The van der Waals surface area contributed by atoms with Crippen molar-refractivity contribution >= 4 is 90.3 Å². The molecule has 0 saturated carbocycles. The highest BCUT2D eigenvalue weighted by atomic mass is 15.2. The third kappa shape index (κ3) is 7.28. The maximum absolute atomic E-state index is 5.92. The first kappa shape index (κ1) is 45.0. The van der Waals surface area contributed by atoms with Crippen LogP contribution < -0.4 is 33.3 Å². The molecule has 0 atom stereocenters. The van der Waals surface area contributed by atoms with Gasteiger partial charge in [-0.3, -0.25) is 4.57 Å². The van der Waals surface area contributed by atoms with E-state index in [1.165, 1.54) is 110 Å². The molecule has 11 rings (SSSR count). The van der Waals surface area contributed by atoms with Crippen LogP contribution in [0.25, 0.3) is 55.2 Å². The van der Waals surface area contributed by atoms with E-state index in [1.807, 2.05) is 0 Å². The van der Waals surface area contributed by atoms with Gasteiger partial charge >= 0.3 is 0 Å². The molecule has 0 unspecified atom stereocenters. The molecule has 7 heteroatoms. The number of aromatic nitrogens is 5. The lowest BCUT2D eigenvalue weighted by atomic mass is 9.35. The van der Waals surface area contributed by atoms with Gasteiger partial charge in [0.1, 0.15) is 11.4 Å². The molecule has 342 valence electrons. The van der Waals surface area contributed by atoms with Gasteiger partial charge in [0.05, 0.1) is 22.1 Å². The zero-order valence-electron chi connectivity index (χ0n) is 42.7. The SMILES string of the molecule is Cc1cc(C)c(B(c2nc(B(c3c(C)cc(C)cc3C)c3c(C)cc(C)cc3C)nc(-n3c4ccccc4c4c5c6ccccc6n(-c6ccccc6)c5ccc43)n2)c2c(C)cc(C)cc2C)c(C)c1. The molecule has 0 saturated heterocycles. The molecule has 0 N–H and O–H groups in total. The van der Waals surface area contributed by atoms with Crippen molar-refractivity contribution in [3.8, 4) is 11.6 Å². The normalized spacial score (nSPS) is 11.7. The number of para-hydroxylation sites is 3. The zero-order chi connectivity index (χ0) is 48.9. The van der Waals surface area contributed by atoms with Crippen LogP contribution in [0.1, 0.15) is 66.8 Å². The van der Waals surface area contributed by atoms with Gasteiger partial charge in [-0.25, -0.2) is 15.0 Å². The second-order valence-corrected chi connectivity index (χ2v) is 20.4. The molecule has 0 aliphatic carbocycles. The highest BCUT2D eigenvalue weighted by molar-refractivity contribution is 6.97. The van der Waals surface area contributed by atoms with E-state index in [2.05, 4.69) is 232 Å². The number of fused-ring (bicyclic) bond motifs is 7. The number of aryl methyl sites for hydroxylation is 12. The van der Waals surface area contributed by atoms with Gasteiger partial charge in [-0.1, -0.05) is 192 Å². The van der Waals surface area contributed by atoms with Gasteiger partial charge in [0.2, 0.25) is 5.95 Å². The Morgan fingerprint density at radius 3 is 1.00 bits per heavy atom. The predicted molar refractivity (Wildman–Crippen MR) is 300 cm³/mol. The molecule has 0 spiro atoms. The summed E-state index contributed by atoms with van der Waals surface area (Å²) in [4.78, 5) is 17.6. The highest BCUT2D eigenvalue weighted by Gasteiger charge is 2.37. The molecule has 8 aromatic carbocycles. The number of rotatable bonds is 8. The summed E-state index contributed by atoms with van der Waals surface area (Å²) in [6.45, 7) is 26.3. The van der Waals surface area contributed by atoms with Crippen molar-refractivity contribution in [2.45, 2.75) is 83.1 Å². The standard InChI is InChI=1S/C63H59B2N5/c1-36-28-40(5)57(41(6)29-36)64(58-42(7)30-37(2)31-43(58)8)61-66-62(65(59-44(9)32-38(3)33-45(59)10)60-46(11)34-39(4)35-47(60)12)68-63(67-61)70-52-25-19-17-23-50(52)56-54(70)27-26-53-55(56)49-22-16-18-24-51(49)69(53)48-20-14-13-15-21-48/h13-35H,1-12H3. The summed E-state index contributed by atoms with van der Waals surface area (Å²) in [6.07, 6.45) is 0. The van der Waals surface area contributed by atoms with E-state index >= 15 is 0 Å². The summed E-state index contributed by atoms with van der Waals surface area (Å²) in [5, 5.41) is 4.76. The minimum absolute atomic E-state index is 0.286.